The molecular weight excluding hydrogens is 560 g/mol. The molecule has 0 saturated carbocycles. The van der Waals surface area contributed by atoms with Crippen LogP contribution in [-0.2, 0) is 22.6 Å². The topological polar surface area (TPSA) is 61.4 Å². The highest BCUT2D eigenvalue weighted by Crippen LogP contribution is 2.33. The average Bonchev–Trinajstić information content (AvgIpc) is 3.41. The average molecular weight is 602 g/mol. The van der Waals surface area contributed by atoms with E-state index in [0.717, 1.165) is 33.6 Å². The van der Waals surface area contributed by atoms with Gasteiger partial charge in [-0.05, 0) is 58.4 Å². The van der Waals surface area contributed by atoms with Gasteiger partial charge in [-0.1, -0.05) is 100 Å². The van der Waals surface area contributed by atoms with Gasteiger partial charge in [-0.3, -0.25) is 0 Å². The van der Waals surface area contributed by atoms with Crippen molar-refractivity contribution in [2.45, 2.75) is 52.6 Å². The second kappa shape index (κ2) is 13.8. The van der Waals surface area contributed by atoms with Crippen LogP contribution in [0.25, 0.3) is 22.5 Å². The normalized spacial score (nSPS) is 11.2. The molecule has 0 aliphatic rings. The van der Waals surface area contributed by atoms with E-state index in [4.69, 9.17) is 9.47 Å². The van der Waals surface area contributed by atoms with E-state index in [2.05, 4.69) is 91.7 Å². The molecule has 0 saturated heterocycles. The van der Waals surface area contributed by atoms with Gasteiger partial charge in [-0.25, -0.2) is 18.7 Å². The van der Waals surface area contributed by atoms with Crippen molar-refractivity contribution in [2.75, 3.05) is 14.2 Å². The summed E-state index contributed by atoms with van der Waals surface area (Å²) in [6.07, 6.45) is 2.17. The fourth-order valence-corrected chi connectivity index (χ4v) is 5.57. The molecule has 1 aromatic heterocycles. The van der Waals surface area contributed by atoms with Crippen molar-refractivity contribution in [3.05, 3.63) is 137 Å². The number of carbonyl (C=O) groups is 2. The Kier molecular flexibility index (Phi) is 9.62. The molecule has 0 N–H and O–H groups in total. The van der Waals surface area contributed by atoms with Gasteiger partial charge < -0.3 is 9.47 Å². The highest BCUT2D eigenvalue weighted by atomic mass is 16.5. The van der Waals surface area contributed by atoms with Crippen molar-refractivity contribution >= 4 is 11.9 Å². The number of esters is 2. The van der Waals surface area contributed by atoms with Crippen molar-refractivity contribution in [2.24, 2.45) is 0 Å². The van der Waals surface area contributed by atoms with E-state index in [0.29, 0.717) is 36.1 Å². The lowest BCUT2D eigenvalue weighted by Crippen LogP contribution is -2.34. The molecule has 0 atom stereocenters. The highest BCUT2D eigenvalue weighted by Gasteiger charge is 2.27. The van der Waals surface area contributed by atoms with E-state index in [1.165, 1.54) is 25.3 Å². The molecule has 0 spiro atoms. The predicted molar refractivity (Wildman–Crippen MR) is 177 cm³/mol. The molecular formula is C39H41N2O4+. The summed E-state index contributed by atoms with van der Waals surface area (Å²) >= 11 is 0. The number of nitrogens with zero attached hydrogens (tertiary/aromatic N) is 2. The largest absolute Gasteiger partial charge is 0.465 e. The van der Waals surface area contributed by atoms with Gasteiger partial charge >= 0.3 is 11.9 Å². The molecule has 0 radical (unpaired) electrons. The van der Waals surface area contributed by atoms with Crippen molar-refractivity contribution in [3.63, 3.8) is 0 Å². The summed E-state index contributed by atoms with van der Waals surface area (Å²) in [5, 5.41) is 0. The van der Waals surface area contributed by atoms with Crippen molar-refractivity contribution < 1.29 is 23.6 Å². The molecule has 0 amide bonds. The molecule has 6 heteroatoms. The van der Waals surface area contributed by atoms with E-state index >= 15 is 0 Å². The smallest absolute Gasteiger partial charge is 0.337 e. The minimum absolute atomic E-state index is 0.350. The van der Waals surface area contributed by atoms with Crippen molar-refractivity contribution in [1.82, 2.24) is 4.57 Å². The monoisotopic (exact) mass is 601 g/mol. The summed E-state index contributed by atoms with van der Waals surface area (Å²) in [5.74, 6) is 0.161. The summed E-state index contributed by atoms with van der Waals surface area (Å²) in [5.41, 5.74) is 10.2. The number of benzene rings is 4. The van der Waals surface area contributed by atoms with Crippen LogP contribution in [0.3, 0.4) is 0 Å². The first kappa shape index (κ1) is 31.5. The fraction of sp³-hybridized carbons (Fsp3) is 0.256. The van der Waals surface area contributed by atoms with Crippen LogP contribution in [0.1, 0.15) is 82.5 Å². The number of carbonyl (C=O) groups excluding carboxylic acids is 2. The summed E-state index contributed by atoms with van der Waals surface area (Å²) in [7, 11) is 2.79. The van der Waals surface area contributed by atoms with Crippen LogP contribution in [0.2, 0.25) is 0 Å². The molecule has 6 nitrogen and oxygen atoms in total. The third kappa shape index (κ3) is 7.07. The number of aromatic nitrogens is 2. The molecule has 5 rings (SSSR count). The van der Waals surface area contributed by atoms with Gasteiger partial charge in [0, 0.05) is 11.1 Å². The Balaban J connectivity index is 1.67. The molecule has 0 bridgehead atoms. The summed E-state index contributed by atoms with van der Waals surface area (Å²) < 4.78 is 14.4. The standard InChI is InChI=1S/C39H41N2O4/c1-26(2)30-15-19-32(20-16-30)36-37(33-21-17-31(18-22-33)27(3)4)41(24-29-9-13-35(14-10-29)39(43)45-6)25-40(36)23-28-7-11-34(12-8-28)38(42)44-5/h7-22,25-27H,23-24H2,1-6H3/q+1. The lowest BCUT2D eigenvalue weighted by molar-refractivity contribution is -0.677. The number of rotatable bonds is 10. The van der Waals surface area contributed by atoms with E-state index < -0.39 is 0 Å². The lowest BCUT2D eigenvalue weighted by Gasteiger charge is -2.11. The first-order chi connectivity index (χ1) is 21.7. The molecule has 0 aliphatic heterocycles. The van der Waals surface area contributed by atoms with Crippen molar-refractivity contribution in [1.29, 1.82) is 0 Å². The van der Waals surface area contributed by atoms with Gasteiger partial charge in [-0.15, -0.1) is 0 Å². The Morgan fingerprint density at radius 1 is 0.622 bits per heavy atom. The third-order valence-corrected chi connectivity index (χ3v) is 8.23. The maximum Gasteiger partial charge on any atom is 0.337 e. The minimum atomic E-state index is -0.350. The van der Waals surface area contributed by atoms with Gasteiger partial charge in [0.25, 0.3) is 0 Å². The molecule has 4 aromatic carbocycles. The quantitative estimate of drug-likeness (QED) is 0.120. The van der Waals surface area contributed by atoms with Crippen LogP contribution < -0.4 is 4.57 Å². The molecule has 0 unspecified atom stereocenters. The maximum atomic E-state index is 12.1. The maximum absolute atomic E-state index is 12.1. The molecule has 0 aliphatic carbocycles. The van der Waals surface area contributed by atoms with Crippen LogP contribution in [0.5, 0.6) is 0 Å². The Labute approximate surface area is 265 Å². The molecule has 230 valence electrons. The van der Waals surface area contributed by atoms with Crippen molar-refractivity contribution in [3.8, 4) is 22.5 Å². The lowest BCUT2D eigenvalue weighted by atomic mass is 9.97. The van der Waals surface area contributed by atoms with E-state index in [-0.39, 0.29) is 11.9 Å². The highest BCUT2D eigenvalue weighted by molar-refractivity contribution is 5.89. The van der Waals surface area contributed by atoms with Crippen LogP contribution >= 0.6 is 0 Å². The zero-order valence-corrected chi connectivity index (χ0v) is 26.9. The molecule has 5 aromatic rings. The van der Waals surface area contributed by atoms with Gasteiger partial charge in [-0.2, -0.15) is 0 Å². The summed E-state index contributed by atoms with van der Waals surface area (Å²) in [4.78, 5) is 24.1. The second-order valence-electron chi connectivity index (χ2n) is 12.0. The Morgan fingerprint density at radius 3 is 1.51 bits per heavy atom. The van der Waals surface area contributed by atoms with E-state index in [1.54, 1.807) is 0 Å². The first-order valence-electron chi connectivity index (χ1n) is 15.4. The summed E-state index contributed by atoms with van der Waals surface area (Å²) in [6.45, 7) is 10.0. The van der Waals surface area contributed by atoms with Crippen LogP contribution in [0.15, 0.2) is 103 Å². The van der Waals surface area contributed by atoms with Crippen LogP contribution in [-0.4, -0.2) is 30.7 Å². The number of methoxy groups -OCH3 is 2. The van der Waals surface area contributed by atoms with E-state index in [9.17, 15) is 9.59 Å². The predicted octanol–water partition coefficient (Wildman–Crippen LogP) is 8.03. The zero-order chi connectivity index (χ0) is 32.1. The van der Waals surface area contributed by atoms with Gasteiger partial charge in [0.15, 0.2) is 11.4 Å². The second-order valence-corrected chi connectivity index (χ2v) is 12.0. The van der Waals surface area contributed by atoms with Gasteiger partial charge in [0.2, 0.25) is 6.33 Å². The number of imidazole rings is 1. The Hall–Kier alpha value is -4.97. The number of hydrogen-bond donors (Lipinski definition) is 0. The summed E-state index contributed by atoms with van der Waals surface area (Å²) in [6, 6.07) is 32.8. The minimum Gasteiger partial charge on any atom is -0.465 e. The van der Waals surface area contributed by atoms with Crippen LogP contribution in [0, 0.1) is 0 Å². The van der Waals surface area contributed by atoms with Crippen LogP contribution in [0.4, 0.5) is 0 Å². The Morgan fingerprint density at radius 2 is 1.07 bits per heavy atom. The zero-order valence-electron chi connectivity index (χ0n) is 26.9. The molecule has 45 heavy (non-hydrogen) atoms. The first-order valence-corrected chi connectivity index (χ1v) is 15.4. The van der Waals surface area contributed by atoms with Gasteiger partial charge in [0.1, 0.15) is 13.1 Å². The SMILES string of the molecule is COC(=O)c1ccc(Cn2c[n+](Cc3ccc(C(=O)OC)cc3)c(-c3ccc(C(C)C)cc3)c2-c2ccc(C(C)C)cc2)cc1. The van der Waals surface area contributed by atoms with Gasteiger partial charge in [0.05, 0.1) is 25.3 Å². The number of hydrogen-bond acceptors (Lipinski definition) is 4. The fourth-order valence-electron chi connectivity index (χ4n) is 5.57. The molecule has 1 heterocycles. The Bertz CT molecular complexity index is 1630. The van der Waals surface area contributed by atoms with E-state index in [1.807, 2.05) is 48.5 Å². The third-order valence-electron chi connectivity index (χ3n) is 8.23. The number of ether oxygens (including phenoxy) is 2. The molecule has 0 fully saturated rings.